The molecule has 0 radical (unpaired) electrons. The van der Waals surface area contributed by atoms with Crippen LogP contribution in [0, 0.1) is 11.6 Å². The minimum absolute atomic E-state index is 0.152. The second-order valence-electron chi connectivity index (χ2n) is 7.03. The van der Waals surface area contributed by atoms with Gasteiger partial charge in [0, 0.05) is 30.4 Å². The molecule has 150 valence electrons. The normalized spacial score (nSPS) is 11.6. The number of fused-ring (bicyclic) bond motifs is 2. The molecule has 0 unspecified atom stereocenters. The molecular weight excluding hydrogens is 472 g/mol. The Bertz CT molecular complexity index is 1480. The van der Waals surface area contributed by atoms with Crippen LogP contribution in [0.4, 0.5) is 8.78 Å². The van der Waals surface area contributed by atoms with Gasteiger partial charge in [-0.15, -0.1) is 11.3 Å². The molecule has 2 aromatic carbocycles. The number of aromatic nitrogens is 3. The lowest BCUT2D eigenvalue weighted by Crippen LogP contribution is -2.21. The van der Waals surface area contributed by atoms with E-state index < -0.39 is 11.6 Å². The molecule has 0 atom stereocenters. The van der Waals surface area contributed by atoms with E-state index in [0.717, 1.165) is 15.6 Å². The molecule has 4 nitrogen and oxygen atoms in total. The van der Waals surface area contributed by atoms with Crippen molar-refractivity contribution in [3.63, 3.8) is 0 Å². The van der Waals surface area contributed by atoms with E-state index in [0.29, 0.717) is 21.0 Å². The zero-order chi connectivity index (χ0) is 21.0. The van der Waals surface area contributed by atoms with E-state index in [4.69, 9.17) is 0 Å². The van der Waals surface area contributed by atoms with Crippen molar-refractivity contribution in [2.24, 2.45) is 7.05 Å². The molecule has 0 aliphatic carbocycles. The molecule has 30 heavy (non-hydrogen) atoms. The highest BCUT2D eigenvalue weighted by Gasteiger charge is 2.17. The SMILES string of the molecule is Cn1cc2c(-c3cc(F)c(Cn4cc(Br)c5sccc5c4=O)c(F)c3)cccc2n1. The number of benzene rings is 2. The highest BCUT2D eigenvalue weighted by Crippen LogP contribution is 2.31. The van der Waals surface area contributed by atoms with E-state index in [1.807, 2.05) is 29.8 Å². The Kier molecular flexibility index (Phi) is 4.56. The fraction of sp³-hybridized carbons (Fsp3) is 0.0909. The van der Waals surface area contributed by atoms with E-state index in [2.05, 4.69) is 21.0 Å². The summed E-state index contributed by atoms with van der Waals surface area (Å²) in [5, 5.41) is 7.50. The van der Waals surface area contributed by atoms with Crippen molar-refractivity contribution in [2.45, 2.75) is 6.54 Å². The van der Waals surface area contributed by atoms with Crippen LogP contribution in [0.3, 0.4) is 0 Å². The molecule has 0 spiro atoms. The molecule has 0 N–H and O–H groups in total. The van der Waals surface area contributed by atoms with Gasteiger partial charge in [-0.25, -0.2) is 8.78 Å². The second kappa shape index (κ2) is 7.14. The average molecular weight is 486 g/mol. The zero-order valence-electron chi connectivity index (χ0n) is 15.7. The first kappa shape index (κ1) is 19.1. The van der Waals surface area contributed by atoms with Crippen LogP contribution < -0.4 is 5.56 Å². The van der Waals surface area contributed by atoms with Gasteiger partial charge in [0.2, 0.25) is 0 Å². The monoisotopic (exact) mass is 485 g/mol. The molecular formula is C22H14BrF2N3OS. The molecule has 3 heterocycles. The smallest absolute Gasteiger partial charge is 0.259 e. The molecule has 8 heteroatoms. The van der Waals surface area contributed by atoms with Crippen LogP contribution in [0.15, 0.2) is 63.4 Å². The third kappa shape index (κ3) is 3.07. The summed E-state index contributed by atoms with van der Waals surface area (Å²) in [5.74, 6) is -1.39. The van der Waals surface area contributed by atoms with E-state index in [1.54, 1.807) is 24.0 Å². The van der Waals surface area contributed by atoms with E-state index in [-0.39, 0.29) is 17.7 Å². The molecule has 0 fully saturated rings. The summed E-state index contributed by atoms with van der Waals surface area (Å²) in [6.45, 7) is -0.196. The van der Waals surface area contributed by atoms with Gasteiger partial charge in [0.25, 0.3) is 5.56 Å². The van der Waals surface area contributed by atoms with Gasteiger partial charge >= 0.3 is 0 Å². The van der Waals surface area contributed by atoms with Gasteiger partial charge in [-0.2, -0.15) is 5.10 Å². The maximum Gasteiger partial charge on any atom is 0.259 e. The van der Waals surface area contributed by atoms with Gasteiger partial charge in [0.05, 0.1) is 26.6 Å². The maximum absolute atomic E-state index is 15.0. The van der Waals surface area contributed by atoms with Gasteiger partial charge in [0.15, 0.2) is 0 Å². The number of thiophene rings is 1. The molecule has 0 aliphatic heterocycles. The lowest BCUT2D eigenvalue weighted by atomic mass is 10.00. The molecule has 3 aromatic heterocycles. The van der Waals surface area contributed by atoms with Gasteiger partial charge in [0.1, 0.15) is 11.6 Å². The first-order valence-corrected chi connectivity index (χ1v) is 10.8. The number of nitrogens with zero attached hydrogens (tertiary/aromatic N) is 3. The Morgan fingerprint density at radius 3 is 2.63 bits per heavy atom. The molecule has 5 rings (SSSR count). The maximum atomic E-state index is 15.0. The fourth-order valence-corrected chi connectivity index (χ4v) is 5.21. The van der Waals surface area contributed by atoms with Crippen molar-refractivity contribution in [3.8, 4) is 11.1 Å². The van der Waals surface area contributed by atoms with Crippen LogP contribution in [0.5, 0.6) is 0 Å². The average Bonchev–Trinajstić information content (AvgIpc) is 3.34. The first-order chi connectivity index (χ1) is 14.4. The van der Waals surface area contributed by atoms with E-state index in [1.165, 1.54) is 28.0 Å². The second-order valence-corrected chi connectivity index (χ2v) is 8.80. The van der Waals surface area contributed by atoms with Crippen molar-refractivity contribution in [2.75, 3.05) is 0 Å². The highest BCUT2D eigenvalue weighted by atomic mass is 79.9. The highest BCUT2D eigenvalue weighted by molar-refractivity contribution is 9.10. The molecule has 0 saturated carbocycles. The minimum Gasteiger partial charge on any atom is -0.309 e. The van der Waals surface area contributed by atoms with Crippen LogP contribution in [-0.4, -0.2) is 14.3 Å². The quantitative estimate of drug-likeness (QED) is 0.328. The van der Waals surface area contributed by atoms with Gasteiger partial charge in [-0.3, -0.25) is 9.48 Å². The number of aryl methyl sites for hydroxylation is 1. The number of halogens is 3. The Morgan fingerprint density at radius 1 is 1.10 bits per heavy atom. The number of rotatable bonds is 3. The van der Waals surface area contributed by atoms with Gasteiger partial charge in [-0.05, 0) is 56.7 Å². The van der Waals surface area contributed by atoms with Crippen molar-refractivity contribution >= 4 is 48.3 Å². The Balaban J connectivity index is 1.60. The summed E-state index contributed by atoms with van der Waals surface area (Å²) in [6.07, 6.45) is 3.39. The largest absolute Gasteiger partial charge is 0.309 e. The van der Waals surface area contributed by atoms with Crippen molar-refractivity contribution in [3.05, 3.63) is 86.2 Å². The Hall–Kier alpha value is -2.84. The standard InChI is InChI=1S/C22H14BrF2N3OS/c1-27-9-15-13(3-2-4-20(15)26-27)12-7-18(24)16(19(25)8-12)10-28-11-17(23)21-14(22(28)29)5-6-30-21/h2-9,11H,10H2,1H3. The topological polar surface area (TPSA) is 39.8 Å². The third-order valence-corrected chi connectivity index (χ3v) is 6.90. The summed E-state index contributed by atoms with van der Waals surface area (Å²) in [4.78, 5) is 12.7. The fourth-order valence-electron chi connectivity index (χ4n) is 3.68. The van der Waals surface area contributed by atoms with Crippen molar-refractivity contribution in [1.29, 1.82) is 0 Å². The summed E-state index contributed by atoms with van der Waals surface area (Å²) < 4.78 is 34.5. The van der Waals surface area contributed by atoms with Crippen molar-refractivity contribution < 1.29 is 8.78 Å². The van der Waals surface area contributed by atoms with Crippen LogP contribution in [0.1, 0.15) is 5.56 Å². The number of pyridine rings is 1. The van der Waals surface area contributed by atoms with E-state index >= 15 is 0 Å². The van der Waals surface area contributed by atoms with Crippen molar-refractivity contribution in [1.82, 2.24) is 14.3 Å². The minimum atomic E-state index is -0.695. The summed E-state index contributed by atoms with van der Waals surface area (Å²) in [7, 11) is 1.80. The molecule has 0 aliphatic rings. The number of hydrogen-bond acceptors (Lipinski definition) is 3. The lowest BCUT2D eigenvalue weighted by Gasteiger charge is -2.12. The summed E-state index contributed by atoms with van der Waals surface area (Å²) in [6, 6.07) is 9.80. The van der Waals surface area contributed by atoms with Gasteiger partial charge < -0.3 is 4.57 Å². The van der Waals surface area contributed by atoms with Gasteiger partial charge in [-0.1, -0.05) is 12.1 Å². The molecule has 0 bridgehead atoms. The van der Waals surface area contributed by atoms with Crippen LogP contribution >= 0.6 is 27.3 Å². The third-order valence-electron chi connectivity index (χ3n) is 5.09. The predicted molar refractivity (Wildman–Crippen MR) is 119 cm³/mol. The summed E-state index contributed by atoms with van der Waals surface area (Å²) >= 11 is 4.87. The number of hydrogen-bond donors (Lipinski definition) is 0. The lowest BCUT2D eigenvalue weighted by molar-refractivity contribution is 0.543. The Labute approximate surface area is 182 Å². The van der Waals surface area contributed by atoms with Crippen LogP contribution in [0.25, 0.3) is 32.1 Å². The molecule has 5 aromatic rings. The molecule has 0 amide bonds. The molecule has 0 saturated heterocycles. The van der Waals surface area contributed by atoms with Crippen LogP contribution in [0.2, 0.25) is 0 Å². The predicted octanol–water partition coefficient (Wildman–Crippen LogP) is 5.71. The zero-order valence-corrected chi connectivity index (χ0v) is 18.1. The summed E-state index contributed by atoms with van der Waals surface area (Å²) in [5.41, 5.74) is 1.44. The Morgan fingerprint density at radius 2 is 1.87 bits per heavy atom. The van der Waals surface area contributed by atoms with Crippen LogP contribution in [-0.2, 0) is 13.6 Å². The van der Waals surface area contributed by atoms with E-state index in [9.17, 15) is 13.6 Å². The first-order valence-electron chi connectivity index (χ1n) is 9.09.